The summed E-state index contributed by atoms with van der Waals surface area (Å²) in [5.41, 5.74) is 3.20. The van der Waals surface area contributed by atoms with Crippen LogP contribution < -0.4 is 4.90 Å². The summed E-state index contributed by atoms with van der Waals surface area (Å²) in [6, 6.07) is 16.9. The van der Waals surface area contributed by atoms with E-state index in [1.54, 1.807) is 37.4 Å². The van der Waals surface area contributed by atoms with E-state index in [4.69, 9.17) is 10.00 Å². The molecule has 2 aromatic carbocycles. The van der Waals surface area contributed by atoms with Crippen LogP contribution in [0, 0.1) is 11.3 Å². The van der Waals surface area contributed by atoms with E-state index in [1.165, 1.54) is 22.2 Å². The van der Waals surface area contributed by atoms with Crippen LogP contribution in [0.1, 0.15) is 36.2 Å². The smallest absolute Gasteiger partial charge is 0.339 e. The van der Waals surface area contributed by atoms with Gasteiger partial charge in [0, 0.05) is 48.4 Å². The molecule has 8 heteroatoms. The number of rotatable bonds is 9. The molecule has 0 atom stereocenters. The number of ether oxygens (including phenoxy) is 1. The van der Waals surface area contributed by atoms with Gasteiger partial charge in [0.05, 0.1) is 23.8 Å². The van der Waals surface area contributed by atoms with Crippen molar-refractivity contribution in [2.24, 2.45) is 0 Å². The SMILES string of the molecule is CN(CCC#N)C(=O)COC(=O)c1ccccc1SCC(=O)/C=C1/N(C)c2ccccc2C1(C)C. The summed E-state index contributed by atoms with van der Waals surface area (Å²) in [6.45, 7) is 4.07. The molecule has 1 amide bonds. The van der Waals surface area contributed by atoms with E-state index in [9.17, 15) is 14.4 Å². The van der Waals surface area contributed by atoms with Gasteiger partial charge in [-0.3, -0.25) is 9.59 Å². The molecule has 2 aromatic rings. The molecule has 0 unspecified atom stereocenters. The van der Waals surface area contributed by atoms with Gasteiger partial charge in [-0.15, -0.1) is 11.8 Å². The minimum Gasteiger partial charge on any atom is -0.452 e. The number of ketones is 1. The highest BCUT2D eigenvalue weighted by atomic mass is 32.2. The van der Waals surface area contributed by atoms with Gasteiger partial charge in [-0.25, -0.2) is 4.79 Å². The van der Waals surface area contributed by atoms with Crippen LogP contribution in [0.5, 0.6) is 0 Å². The van der Waals surface area contributed by atoms with Gasteiger partial charge in [0.15, 0.2) is 12.4 Å². The average molecular weight is 492 g/mol. The molecule has 1 aliphatic heterocycles. The third-order valence-corrected chi connectivity index (χ3v) is 7.12. The Bertz CT molecular complexity index is 1200. The van der Waals surface area contributed by atoms with Crippen LogP contribution >= 0.6 is 11.8 Å². The number of carbonyl (C=O) groups is 3. The first-order valence-corrected chi connectivity index (χ1v) is 12.2. The Labute approximate surface area is 210 Å². The molecule has 0 N–H and O–H groups in total. The lowest BCUT2D eigenvalue weighted by atomic mass is 9.83. The molecular formula is C27H29N3O4S. The maximum atomic E-state index is 12.9. The Balaban J connectivity index is 1.64. The van der Waals surface area contributed by atoms with E-state index in [0.29, 0.717) is 10.5 Å². The van der Waals surface area contributed by atoms with Crippen LogP contribution in [-0.4, -0.2) is 55.6 Å². The minimum atomic E-state index is -0.631. The standard InChI is InChI=1S/C27H29N3O4S/c1-27(2)21-11-6-7-12-22(21)30(4)24(27)16-19(31)18-35-23-13-8-5-10-20(23)26(33)34-17-25(32)29(3)15-9-14-28/h5-8,10-13,16H,9,15,17-18H2,1-4H3/b24-16+. The minimum absolute atomic E-state index is 0.0600. The van der Waals surface area contributed by atoms with Crippen molar-refractivity contribution in [2.75, 3.05) is 37.9 Å². The number of anilines is 1. The topological polar surface area (TPSA) is 90.7 Å². The maximum Gasteiger partial charge on any atom is 0.339 e. The lowest BCUT2D eigenvalue weighted by Crippen LogP contribution is -2.32. The van der Waals surface area contributed by atoms with Gasteiger partial charge in [-0.1, -0.05) is 44.2 Å². The predicted octanol–water partition coefficient (Wildman–Crippen LogP) is 4.19. The van der Waals surface area contributed by atoms with Crippen molar-refractivity contribution in [2.45, 2.75) is 30.6 Å². The zero-order valence-electron chi connectivity index (χ0n) is 20.4. The second kappa shape index (κ2) is 11.2. The maximum absolute atomic E-state index is 12.9. The quantitative estimate of drug-likeness (QED) is 0.295. The number of para-hydroxylation sites is 1. The summed E-state index contributed by atoms with van der Waals surface area (Å²) in [5, 5.41) is 8.64. The number of hydrogen-bond donors (Lipinski definition) is 0. The molecule has 0 aliphatic carbocycles. The fraction of sp³-hybridized carbons (Fsp3) is 0.333. The molecule has 182 valence electrons. The van der Waals surface area contributed by atoms with Crippen LogP contribution in [0.25, 0.3) is 0 Å². The molecular weight excluding hydrogens is 462 g/mol. The Kier molecular flexibility index (Phi) is 8.36. The van der Waals surface area contributed by atoms with Gasteiger partial charge in [0.2, 0.25) is 0 Å². The summed E-state index contributed by atoms with van der Waals surface area (Å²) < 4.78 is 5.19. The van der Waals surface area contributed by atoms with Crippen LogP contribution in [0.4, 0.5) is 5.69 Å². The third-order valence-electron chi connectivity index (χ3n) is 6.03. The van der Waals surface area contributed by atoms with Crippen LogP contribution in [0.3, 0.4) is 0 Å². The number of thioether (sulfide) groups is 1. The van der Waals surface area contributed by atoms with Gasteiger partial charge < -0.3 is 14.5 Å². The summed E-state index contributed by atoms with van der Waals surface area (Å²) in [7, 11) is 3.52. The van der Waals surface area contributed by atoms with Gasteiger partial charge >= 0.3 is 5.97 Å². The molecule has 0 bridgehead atoms. The number of nitriles is 1. The largest absolute Gasteiger partial charge is 0.452 e. The lowest BCUT2D eigenvalue weighted by molar-refractivity contribution is -0.133. The van der Waals surface area contributed by atoms with Gasteiger partial charge in [-0.2, -0.15) is 5.26 Å². The molecule has 0 saturated heterocycles. The van der Waals surface area contributed by atoms with E-state index in [1.807, 2.05) is 36.2 Å². The normalized spacial score (nSPS) is 14.8. The first-order chi connectivity index (χ1) is 16.7. The molecule has 0 radical (unpaired) electrons. The molecule has 0 saturated carbocycles. The number of amides is 1. The second-order valence-electron chi connectivity index (χ2n) is 8.78. The fourth-order valence-corrected chi connectivity index (χ4v) is 4.88. The highest BCUT2D eigenvalue weighted by Crippen LogP contribution is 2.46. The number of esters is 1. The van der Waals surface area contributed by atoms with Crippen molar-refractivity contribution < 1.29 is 19.1 Å². The van der Waals surface area contributed by atoms with Crippen LogP contribution in [0.15, 0.2) is 65.2 Å². The first-order valence-electron chi connectivity index (χ1n) is 11.2. The molecule has 7 nitrogen and oxygen atoms in total. The number of allylic oxidation sites excluding steroid dienone is 2. The molecule has 3 rings (SSSR count). The monoisotopic (exact) mass is 491 g/mol. The van der Waals surface area contributed by atoms with Gasteiger partial charge in [0.25, 0.3) is 5.91 Å². The van der Waals surface area contributed by atoms with Gasteiger partial charge in [0.1, 0.15) is 0 Å². The molecule has 35 heavy (non-hydrogen) atoms. The summed E-state index contributed by atoms with van der Waals surface area (Å²) in [5.74, 6) is -0.919. The summed E-state index contributed by atoms with van der Waals surface area (Å²) in [4.78, 5) is 41.6. The van der Waals surface area contributed by atoms with Crippen molar-refractivity contribution in [3.63, 3.8) is 0 Å². The van der Waals surface area contributed by atoms with E-state index < -0.39 is 12.6 Å². The highest BCUT2D eigenvalue weighted by molar-refractivity contribution is 8.00. The Morgan fingerprint density at radius 1 is 1.14 bits per heavy atom. The van der Waals surface area contributed by atoms with Crippen molar-refractivity contribution in [3.05, 3.63) is 71.4 Å². The van der Waals surface area contributed by atoms with Crippen LogP contribution in [0.2, 0.25) is 0 Å². The number of fused-ring (bicyclic) bond motifs is 1. The van der Waals surface area contributed by atoms with Crippen LogP contribution in [-0.2, 0) is 19.7 Å². The predicted molar refractivity (Wildman–Crippen MR) is 136 cm³/mol. The summed E-state index contributed by atoms with van der Waals surface area (Å²) in [6.07, 6.45) is 1.89. The molecule has 0 aromatic heterocycles. The number of nitrogens with zero attached hydrogens (tertiary/aromatic N) is 3. The van der Waals surface area contributed by atoms with Crippen molar-refractivity contribution >= 4 is 35.1 Å². The highest BCUT2D eigenvalue weighted by Gasteiger charge is 2.38. The van der Waals surface area contributed by atoms with E-state index >= 15 is 0 Å². The first kappa shape index (κ1) is 26.0. The number of benzene rings is 2. The number of carbonyl (C=O) groups excluding carboxylic acids is 3. The summed E-state index contributed by atoms with van der Waals surface area (Å²) >= 11 is 1.26. The number of likely N-dealkylation sites (N-methyl/N-ethyl adjacent to an activating group) is 2. The Morgan fingerprint density at radius 3 is 2.54 bits per heavy atom. The fourth-order valence-electron chi connectivity index (χ4n) is 4.02. The number of hydrogen-bond acceptors (Lipinski definition) is 7. The van der Waals surface area contributed by atoms with E-state index in [2.05, 4.69) is 19.9 Å². The average Bonchev–Trinajstić information content (AvgIpc) is 3.05. The Morgan fingerprint density at radius 2 is 1.83 bits per heavy atom. The van der Waals surface area contributed by atoms with Crippen molar-refractivity contribution in [1.82, 2.24) is 4.90 Å². The molecule has 1 aliphatic rings. The van der Waals surface area contributed by atoms with E-state index in [-0.39, 0.29) is 35.8 Å². The van der Waals surface area contributed by atoms with Gasteiger partial charge in [-0.05, 0) is 23.8 Å². The van der Waals surface area contributed by atoms with Crippen molar-refractivity contribution in [1.29, 1.82) is 5.26 Å². The second-order valence-corrected chi connectivity index (χ2v) is 9.80. The molecule has 0 spiro atoms. The molecule has 1 heterocycles. The van der Waals surface area contributed by atoms with Crippen molar-refractivity contribution in [3.8, 4) is 6.07 Å². The zero-order valence-corrected chi connectivity index (χ0v) is 21.2. The van der Waals surface area contributed by atoms with E-state index in [0.717, 1.165) is 11.4 Å². The molecule has 0 fully saturated rings. The Hall–Kier alpha value is -3.57. The third kappa shape index (κ3) is 5.92. The zero-order chi connectivity index (χ0) is 25.6. The lowest BCUT2D eigenvalue weighted by Gasteiger charge is -2.24.